The number of hydrogen-bond donors (Lipinski definition) is 2. The minimum absolute atomic E-state index is 0.185. The molecule has 0 unspecified atom stereocenters. The third-order valence-corrected chi connectivity index (χ3v) is 3.54. The van der Waals surface area contributed by atoms with Crippen molar-refractivity contribution in [2.24, 2.45) is 0 Å². The van der Waals surface area contributed by atoms with Crippen molar-refractivity contribution in [2.75, 3.05) is 5.73 Å². The van der Waals surface area contributed by atoms with E-state index in [0.29, 0.717) is 25.0 Å². The van der Waals surface area contributed by atoms with Crippen molar-refractivity contribution in [1.82, 2.24) is 4.98 Å². The van der Waals surface area contributed by atoms with E-state index in [9.17, 15) is 5.11 Å². The molecule has 0 atom stereocenters. The molecule has 0 saturated carbocycles. The number of nitrogen functional groups attached to an aromatic ring is 1. The maximum absolute atomic E-state index is 9.84. The smallest absolute Gasteiger partial charge is 0.180 e. The van der Waals surface area contributed by atoms with E-state index in [4.69, 9.17) is 17.3 Å². The van der Waals surface area contributed by atoms with Gasteiger partial charge in [-0.25, -0.2) is 4.98 Å². The molecule has 0 aliphatic rings. The molecule has 3 nitrogen and oxygen atoms in total. The van der Waals surface area contributed by atoms with Gasteiger partial charge in [-0.2, -0.15) is 0 Å². The van der Waals surface area contributed by atoms with Crippen LogP contribution in [0.2, 0.25) is 5.02 Å². The SMILES string of the molecule is Nc1nc(-c2cc(Cl)cc(I)c2O)cs1. The molecule has 1 aromatic carbocycles. The lowest BCUT2D eigenvalue weighted by molar-refractivity contribution is 0.473. The molecule has 0 aliphatic heterocycles. The molecule has 78 valence electrons. The quantitative estimate of drug-likeness (QED) is 0.774. The number of anilines is 1. The van der Waals surface area contributed by atoms with Gasteiger partial charge in [0.2, 0.25) is 0 Å². The van der Waals surface area contributed by atoms with Crippen LogP contribution in [0.3, 0.4) is 0 Å². The molecule has 2 rings (SSSR count). The molecule has 1 aromatic heterocycles. The second-order valence-corrected chi connectivity index (χ2v) is 5.34. The van der Waals surface area contributed by atoms with Gasteiger partial charge in [-0.1, -0.05) is 11.6 Å². The summed E-state index contributed by atoms with van der Waals surface area (Å²) in [6.45, 7) is 0. The van der Waals surface area contributed by atoms with Gasteiger partial charge in [0, 0.05) is 16.0 Å². The standard InChI is InChI=1S/C9H6ClIN2OS/c10-4-1-5(8(14)6(11)2-4)7-3-15-9(12)13-7/h1-3,14H,(H2,12,13). The monoisotopic (exact) mass is 352 g/mol. The Morgan fingerprint density at radius 3 is 2.80 bits per heavy atom. The molecule has 0 spiro atoms. The summed E-state index contributed by atoms with van der Waals surface area (Å²) in [6, 6.07) is 3.37. The molecule has 6 heteroatoms. The van der Waals surface area contributed by atoms with E-state index in [-0.39, 0.29) is 5.75 Å². The lowest BCUT2D eigenvalue weighted by Crippen LogP contribution is -1.85. The first-order valence-corrected chi connectivity index (χ1v) is 6.31. The average molecular weight is 353 g/mol. The minimum atomic E-state index is 0.185. The Labute approximate surface area is 109 Å². The van der Waals surface area contributed by atoms with E-state index < -0.39 is 0 Å². The number of phenols is 1. The van der Waals surface area contributed by atoms with E-state index in [1.54, 1.807) is 17.5 Å². The van der Waals surface area contributed by atoms with E-state index in [1.165, 1.54) is 11.3 Å². The van der Waals surface area contributed by atoms with Gasteiger partial charge in [-0.3, -0.25) is 0 Å². The Bertz CT molecular complexity index is 515. The lowest BCUT2D eigenvalue weighted by atomic mass is 10.1. The summed E-state index contributed by atoms with van der Waals surface area (Å²) in [5.41, 5.74) is 6.79. The van der Waals surface area contributed by atoms with Gasteiger partial charge in [-0.05, 0) is 34.7 Å². The summed E-state index contributed by atoms with van der Waals surface area (Å²) in [5, 5.41) is 12.7. The minimum Gasteiger partial charge on any atom is -0.506 e. The van der Waals surface area contributed by atoms with Gasteiger partial charge in [0.1, 0.15) is 5.75 Å². The van der Waals surface area contributed by atoms with Crippen molar-refractivity contribution >= 4 is 50.7 Å². The Hall–Kier alpha value is -0.530. The van der Waals surface area contributed by atoms with Crippen molar-refractivity contribution in [3.05, 3.63) is 26.1 Å². The number of phenolic OH excluding ortho intramolecular Hbond substituents is 1. The largest absolute Gasteiger partial charge is 0.506 e. The summed E-state index contributed by atoms with van der Waals surface area (Å²) in [5.74, 6) is 0.185. The van der Waals surface area contributed by atoms with E-state index >= 15 is 0 Å². The Kier molecular flexibility index (Phi) is 3.03. The molecule has 0 bridgehead atoms. The van der Waals surface area contributed by atoms with Crippen LogP contribution < -0.4 is 5.73 Å². The second-order valence-electron chi connectivity index (χ2n) is 2.85. The van der Waals surface area contributed by atoms with Gasteiger partial charge in [0.05, 0.1) is 9.26 Å². The second kappa shape index (κ2) is 4.15. The number of hydrogen-bond acceptors (Lipinski definition) is 4. The molecule has 3 N–H and O–H groups in total. The van der Waals surface area contributed by atoms with Crippen molar-refractivity contribution < 1.29 is 5.11 Å². The zero-order chi connectivity index (χ0) is 11.0. The molecule has 0 amide bonds. The Morgan fingerprint density at radius 2 is 2.20 bits per heavy atom. The summed E-state index contributed by atoms with van der Waals surface area (Å²) < 4.78 is 0.696. The molecular weight excluding hydrogens is 347 g/mol. The fraction of sp³-hybridized carbons (Fsp3) is 0. The number of aromatic nitrogens is 1. The lowest BCUT2D eigenvalue weighted by Gasteiger charge is -2.04. The first kappa shape index (κ1) is 11.0. The highest BCUT2D eigenvalue weighted by molar-refractivity contribution is 14.1. The first-order chi connectivity index (χ1) is 7.08. The number of benzene rings is 1. The predicted octanol–water partition coefficient (Wildman–Crippen LogP) is 3.36. The normalized spacial score (nSPS) is 10.5. The van der Waals surface area contributed by atoms with Crippen LogP contribution in [-0.2, 0) is 0 Å². The molecule has 0 saturated heterocycles. The zero-order valence-corrected chi connectivity index (χ0v) is 11.1. The fourth-order valence-electron chi connectivity index (χ4n) is 1.17. The maximum atomic E-state index is 9.84. The van der Waals surface area contributed by atoms with E-state index in [2.05, 4.69) is 4.98 Å². The summed E-state index contributed by atoms with van der Waals surface area (Å²) >= 11 is 9.26. The number of nitrogens with zero attached hydrogens (tertiary/aromatic N) is 1. The van der Waals surface area contributed by atoms with Crippen LogP contribution in [-0.4, -0.2) is 10.1 Å². The summed E-state index contributed by atoms with van der Waals surface area (Å²) in [4.78, 5) is 4.10. The van der Waals surface area contributed by atoms with Crippen LogP contribution in [0, 0.1) is 3.57 Å². The third-order valence-electron chi connectivity index (χ3n) is 1.83. The van der Waals surface area contributed by atoms with Gasteiger partial charge in [0.15, 0.2) is 5.13 Å². The molecule has 2 aromatic rings. The maximum Gasteiger partial charge on any atom is 0.180 e. The zero-order valence-electron chi connectivity index (χ0n) is 7.37. The molecule has 0 fully saturated rings. The number of rotatable bonds is 1. The Balaban J connectivity index is 2.62. The third kappa shape index (κ3) is 2.19. The molecule has 15 heavy (non-hydrogen) atoms. The van der Waals surface area contributed by atoms with Crippen molar-refractivity contribution in [1.29, 1.82) is 0 Å². The number of nitrogens with two attached hydrogens (primary N) is 1. The average Bonchev–Trinajstić information content (AvgIpc) is 2.58. The van der Waals surface area contributed by atoms with Crippen LogP contribution in [0.25, 0.3) is 11.3 Å². The van der Waals surface area contributed by atoms with E-state index in [1.807, 2.05) is 22.6 Å². The fourth-order valence-corrected chi connectivity index (χ4v) is 2.76. The van der Waals surface area contributed by atoms with Gasteiger partial charge in [-0.15, -0.1) is 11.3 Å². The Morgan fingerprint density at radius 1 is 1.47 bits per heavy atom. The van der Waals surface area contributed by atoms with Gasteiger partial charge < -0.3 is 10.8 Å². The van der Waals surface area contributed by atoms with Crippen LogP contribution in [0.4, 0.5) is 5.13 Å². The van der Waals surface area contributed by atoms with Crippen LogP contribution >= 0.6 is 45.5 Å². The number of halogens is 2. The van der Waals surface area contributed by atoms with Crippen LogP contribution in [0.5, 0.6) is 5.75 Å². The van der Waals surface area contributed by atoms with Crippen LogP contribution in [0.1, 0.15) is 0 Å². The number of thiazole rings is 1. The van der Waals surface area contributed by atoms with Crippen molar-refractivity contribution in [3.63, 3.8) is 0 Å². The first-order valence-electron chi connectivity index (χ1n) is 3.97. The topological polar surface area (TPSA) is 59.1 Å². The molecule has 0 aliphatic carbocycles. The number of aromatic hydroxyl groups is 1. The van der Waals surface area contributed by atoms with Crippen LogP contribution in [0.15, 0.2) is 17.5 Å². The van der Waals surface area contributed by atoms with Crippen molar-refractivity contribution in [3.8, 4) is 17.0 Å². The molecular formula is C9H6ClIN2OS. The summed E-state index contributed by atoms with van der Waals surface area (Å²) in [6.07, 6.45) is 0. The van der Waals surface area contributed by atoms with E-state index in [0.717, 1.165) is 0 Å². The molecule has 1 heterocycles. The van der Waals surface area contributed by atoms with Gasteiger partial charge in [0.25, 0.3) is 0 Å². The van der Waals surface area contributed by atoms with Gasteiger partial charge >= 0.3 is 0 Å². The van der Waals surface area contributed by atoms with Crippen molar-refractivity contribution in [2.45, 2.75) is 0 Å². The highest BCUT2D eigenvalue weighted by Gasteiger charge is 2.11. The highest BCUT2D eigenvalue weighted by Crippen LogP contribution is 2.36. The highest BCUT2D eigenvalue weighted by atomic mass is 127. The summed E-state index contributed by atoms with van der Waals surface area (Å²) in [7, 11) is 0. The predicted molar refractivity (Wildman–Crippen MR) is 71.4 cm³/mol. The molecule has 0 radical (unpaired) electrons.